The Kier molecular flexibility index (Phi) is 22.2. The molecule has 0 fully saturated rings. The molecule has 9 atom stereocenters. The molecule has 0 aliphatic heterocycles. The summed E-state index contributed by atoms with van der Waals surface area (Å²) >= 11 is 0. The number of rotatable bonds is 24. The Morgan fingerprint density at radius 3 is 1.76 bits per heavy atom. The molecule has 55 heavy (non-hydrogen) atoms. The summed E-state index contributed by atoms with van der Waals surface area (Å²) in [5.41, 5.74) is 9.01. The van der Waals surface area contributed by atoms with Crippen LogP contribution in [0.1, 0.15) is 109 Å². The summed E-state index contributed by atoms with van der Waals surface area (Å²) in [4.78, 5) is 40.9. The van der Waals surface area contributed by atoms with Crippen molar-refractivity contribution < 1.29 is 37.9 Å². The van der Waals surface area contributed by atoms with Crippen LogP contribution in [-0.4, -0.2) is 71.1 Å². The summed E-state index contributed by atoms with van der Waals surface area (Å²) in [6, 6.07) is 0. The highest BCUT2D eigenvalue weighted by molar-refractivity contribution is 6.74. The molecule has 0 aromatic rings. The zero-order valence-corrected chi connectivity index (χ0v) is 39.6. The maximum atomic E-state index is 12.4. The first-order valence-corrected chi connectivity index (χ1v) is 25.8. The maximum Gasteiger partial charge on any atom is 0.404 e. The van der Waals surface area contributed by atoms with Gasteiger partial charge in [0, 0.05) is 31.1 Å². The van der Waals surface area contributed by atoms with E-state index in [0.717, 1.165) is 6.42 Å². The van der Waals surface area contributed by atoms with Crippen molar-refractivity contribution in [2.45, 2.75) is 169 Å². The standard InChI is InChI=1S/C43H80N2O8Si2/c1-19-20-21-30(3)39(51-41(44)49)34(7)40(53-55(17,18)43(11,12)13)33(6)27-29(2)26-32(5)38(52-54(15,16)42(8,9)10)31(4)22-23-35(46)28-36(47)24-25-37(48)45-50-14/h19-23,26,30-35,38-40,46H,1,24-25,27-28H2,2-18H3,(H2,44,49)(H,45,48)/b21-20-,23-22-,29-26-/t30?,31?,32-,33-,34+,35?,38-,39-,40+/m0/s1. The Hall–Kier alpha value is -2.36. The van der Waals surface area contributed by atoms with E-state index in [0.29, 0.717) is 0 Å². The number of carbonyl (C=O) groups is 3. The van der Waals surface area contributed by atoms with Crippen molar-refractivity contribution in [1.29, 1.82) is 0 Å². The Labute approximate surface area is 337 Å². The van der Waals surface area contributed by atoms with E-state index in [2.05, 4.69) is 125 Å². The van der Waals surface area contributed by atoms with Crippen LogP contribution in [0.2, 0.25) is 36.3 Å². The van der Waals surface area contributed by atoms with Gasteiger partial charge in [0.15, 0.2) is 16.6 Å². The summed E-state index contributed by atoms with van der Waals surface area (Å²) in [5.74, 6) is -0.837. The Balaban J connectivity index is 6.60. The van der Waals surface area contributed by atoms with Crippen LogP contribution in [0, 0.1) is 29.6 Å². The molecule has 0 bridgehead atoms. The highest BCUT2D eigenvalue weighted by Gasteiger charge is 2.44. The Morgan fingerprint density at radius 2 is 1.29 bits per heavy atom. The van der Waals surface area contributed by atoms with Crippen LogP contribution in [0.25, 0.3) is 0 Å². The van der Waals surface area contributed by atoms with E-state index in [4.69, 9.17) is 19.3 Å². The van der Waals surface area contributed by atoms with Crippen molar-refractivity contribution in [3.8, 4) is 0 Å². The zero-order valence-electron chi connectivity index (χ0n) is 37.6. The average Bonchev–Trinajstić information content (AvgIpc) is 3.03. The molecule has 0 aliphatic carbocycles. The third-order valence-electron chi connectivity index (χ3n) is 11.5. The fourth-order valence-corrected chi connectivity index (χ4v) is 9.26. The van der Waals surface area contributed by atoms with Gasteiger partial charge in [-0.3, -0.25) is 14.4 Å². The van der Waals surface area contributed by atoms with Gasteiger partial charge >= 0.3 is 6.09 Å². The summed E-state index contributed by atoms with van der Waals surface area (Å²) in [7, 11) is -3.14. The third-order valence-corrected chi connectivity index (χ3v) is 20.5. The molecule has 0 spiro atoms. The first kappa shape index (κ1) is 52.6. The lowest BCUT2D eigenvalue weighted by molar-refractivity contribution is -0.133. The van der Waals surface area contributed by atoms with Crippen molar-refractivity contribution in [1.82, 2.24) is 5.48 Å². The van der Waals surface area contributed by atoms with E-state index in [-0.39, 0.29) is 82.8 Å². The molecule has 12 heteroatoms. The number of amides is 2. The van der Waals surface area contributed by atoms with Gasteiger partial charge in [-0.15, -0.1) is 0 Å². The van der Waals surface area contributed by atoms with E-state index >= 15 is 0 Å². The molecule has 0 rings (SSSR count). The van der Waals surface area contributed by atoms with Crippen LogP contribution in [-0.2, 0) is 28.0 Å². The van der Waals surface area contributed by atoms with Crippen molar-refractivity contribution in [3.05, 3.63) is 48.6 Å². The number of primary amides is 1. The second kappa shape index (κ2) is 23.1. The number of aliphatic hydroxyl groups excluding tert-OH is 1. The second-order valence-electron chi connectivity index (χ2n) is 18.8. The molecule has 2 amide bonds. The van der Waals surface area contributed by atoms with Crippen LogP contribution in [0.5, 0.6) is 0 Å². The molecule has 0 aromatic carbocycles. The van der Waals surface area contributed by atoms with Crippen molar-refractivity contribution >= 4 is 34.4 Å². The van der Waals surface area contributed by atoms with Gasteiger partial charge in [-0.2, -0.15) is 0 Å². The smallest absolute Gasteiger partial charge is 0.404 e. The van der Waals surface area contributed by atoms with E-state index in [1.165, 1.54) is 12.7 Å². The molecule has 0 heterocycles. The number of allylic oxidation sites excluding steroid dienone is 3. The molecule has 0 aliphatic rings. The van der Waals surface area contributed by atoms with Gasteiger partial charge < -0.3 is 24.4 Å². The van der Waals surface area contributed by atoms with E-state index < -0.39 is 34.9 Å². The average molecular weight is 809 g/mol. The Morgan fingerprint density at radius 1 is 0.782 bits per heavy atom. The zero-order chi connectivity index (χ0) is 43.1. The van der Waals surface area contributed by atoms with Gasteiger partial charge in [-0.1, -0.05) is 125 Å². The van der Waals surface area contributed by atoms with Crippen LogP contribution < -0.4 is 11.2 Å². The van der Waals surface area contributed by atoms with E-state index in [9.17, 15) is 19.5 Å². The minimum Gasteiger partial charge on any atom is -0.445 e. The number of hydrogen-bond acceptors (Lipinski definition) is 8. The predicted octanol–water partition coefficient (Wildman–Crippen LogP) is 9.82. The maximum absolute atomic E-state index is 12.4. The van der Waals surface area contributed by atoms with E-state index in [1.54, 1.807) is 12.2 Å². The molecule has 10 nitrogen and oxygen atoms in total. The first-order chi connectivity index (χ1) is 25.0. The lowest BCUT2D eigenvalue weighted by Crippen LogP contribution is -2.50. The van der Waals surface area contributed by atoms with Crippen LogP contribution in [0.15, 0.2) is 48.6 Å². The van der Waals surface area contributed by atoms with Crippen molar-refractivity contribution in [3.63, 3.8) is 0 Å². The van der Waals surface area contributed by atoms with Gasteiger partial charge in [0.25, 0.3) is 0 Å². The minimum absolute atomic E-state index is 0.000237. The van der Waals surface area contributed by atoms with Gasteiger partial charge in [-0.25, -0.2) is 10.3 Å². The molecule has 318 valence electrons. The quantitative estimate of drug-likeness (QED) is 0.0378. The number of nitrogens with two attached hydrogens (primary N) is 1. The molecular weight excluding hydrogens is 729 g/mol. The van der Waals surface area contributed by atoms with Gasteiger partial charge in [-0.05, 0) is 67.4 Å². The second-order valence-corrected chi connectivity index (χ2v) is 28.3. The predicted molar refractivity (Wildman–Crippen MR) is 231 cm³/mol. The number of nitrogens with one attached hydrogen (secondary N) is 1. The normalized spacial score (nSPS) is 18.5. The van der Waals surface area contributed by atoms with Gasteiger partial charge in [0.2, 0.25) is 5.91 Å². The molecule has 0 radical (unpaired) electrons. The molecular formula is C43H80N2O8Si2. The number of ketones is 1. The largest absolute Gasteiger partial charge is 0.445 e. The topological polar surface area (TPSA) is 146 Å². The van der Waals surface area contributed by atoms with Crippen LogP contribution >= 0.6 is 0 Å². The first-order valence-electron chi connectivity index (χ1n) is 20.0. The summed E-state index contributed by atoms with van der Waals surface area (Å²) in [6.45, 7) is 38.9. The lowest BCUT2D eigenvalue weighted by atomic mass is 9.81. The van der Waals surface area contributed by atoms with Crippen LogP contribution in [0.3, 0.4) is 0 Å². The molecule has 0 aromatic heterocycles. The molecule has 4 N–H and O–H groups in total. The van der Waals surface area contributed by atoms with Gasteiger partial charge in [0.1, 0.15) is 11.9 Å². The number of hydroxylamine groups is 1. The lowest BCUT2D eigenvalue weighted by Gasteiger charge is -2.45. The summed E-state index contributed by atoms with van der Waals surface area (Å²) in [5, 5.41) is 10.7. The number of ether oxygens (including phenoxy) is 1. The summed E-state index contributed by atoms with van der Waals surface area (Å²) < 4.78 is 20.1. The highest BCUT2D eigenvalue weighted by Crippen LogP contribution is 2.42. The molecule has 0 saturated heterocycles. The third kappa shape index (κ3) is 18.6. The number of carbonyl (C=O) groups excluding carboxylic acids is 3. The number of Topliss-reactive ketones (excluding diaryl/α,β-unsaturated/α-hetero) is 1. The monoisotopic (exact) mass is 809 g/mol. The molecule has 3 unspecified atom stereocenters. The minimum atomic E-state index is -2.26. The SMILES string of the molecule is C=C/C=C\C(C)[C@H](OC(N)=O)[C@@H](C)[C@H](O[Si](C)(C)C(C)(C)C)[C@@H](C)C/C(C)=C\[C@H](C)[C@@H](O[Si](C)(C)C(C)(C)C)C(C)/C=C\C(O)CC(=O)CCC(=O)NOC. The Bertz CT molecular complexity index is 1310. The number of hydrogen-bond donors (Lipinski definition) is 3. The van der Waals surface area contributed by atoms with Crippen LogP contribution in [0.4, 0.5) is 4.79 Å². The molecule has 0 saturated carbocycles. The van der Waals surface area contributed by atoms with Gasteiger partial charge in [0.05, 0.1) is 25.4 Å². The fraction of sp³-hybridized carbons (Fsp3) is 0.744. The van der Waals surface area contributed by atoms with E-state index in [1.807, 2.05) is 25.2 Å². The summed E-state index contributed by atoms with van der Waals surface area (Å²) in [6.07, 6.45) is 9.50. The van der Waals surface area contributed by atoms with Crippen molar-refractivity contribution in [2.75, 3.05) is 7.11 Å². The highest BCUT2D eigenvalue weighted by atomic mass is 28.4. The fourth-order valence-electron chi connectivity index (χ4n) is 6.32. The number of aliphatic hydroxyl groups is 1. The van der Waals surface area contributed by atoms with Crippen molar-refractivity contribution in [2.24, 2.45) is 35.3 Å².